The summed E-state index contributed by atoms with van der Waals surface area (Å²) in [6.07, 6.45) is 2.71. The van der Waals surface area contributed by atoms with Crippen LogP contribution >= 0.6 is 23.2 Å². The number of aromatic nitrogens is 3. The Morgan fingerprint density at radius 3 is 2.85 bits per heavy atom. The molecule has 3 aliphatic rings. The Bertz CT molecular complexity index is 1450. The minimum atomic E-state index is -0.0252. The zero-order valence-electron chi connectivity index (χ0n) is 17.1. The summed E-state index contributed by atoms with van der Waals surface area (Å²) in [4.78, 5) is 24.0. The number of carbonyl (C=O) groups is 1. The van der Waals surface area contributed by atoms with E-state index in [1.807, 2.05) is 24.3 Å². The van der Waals surface area contributed by atoms with Crippen LogP contribution in [0.5, 0.6) is 17.2 Å². The van der Waals surface area contributed by atoms with E-state index in [-0.39, 0.29) is 23.8 Å². The number of imidazole rings is 1. The topological polar surface area (TPSA) is 89.1 Å². The predicted molar refractivity (Wildman–Crippen MR) is 124 cm³/mol. The lowest BCUT2D eigenvalue weighted by molar-refractivity contribution is -0.116. The van der Waals surface area contributed by atoms with Crippen LogP contribution < -0.4 is 14.8 Å². The van der Waals surface area contributed by atoms with E-state index >= 15 is 0 Å². The largest absolute Gasteiger partial charge is 0.489 e. The Morgan fingerprint density at radius 1 is 1.06 bits per heavy atom. The van der Waals surface area contributed by atoms with Gasteiger partial charge in [0, 0.05) is 29.7 Å². The van der Waals surface area contributed by atoms with Crippen LogP contribution in [0.2, 0.25) is 10.0 Å². The molecule has 2 N–H and O–H groups in total. The molecule has 2 aromatic heterocycles. The molecule has 7 nitrogen and oxygen atoms in total. The highest BCUT2D eigenvalue weighted by atomic mass is 35.5. The molecule has 0 saturated heterocycles. The molecule has 4 aromatic rings. The monoisotopic (exact) mass is 478 g/mol. The first-order valence-electron chi connectivity index (χ1n) is 10.7. The highest BCUT2D eigenvalue weighted by Gasteiger charge is 2.61. The van der Waals surface area contributed by atoms with Crippen molar-refractivity contribution in [3.05, 3.63) is 69.6 Å². The van der Waals surface area contributed by atoms with Gasteiger partial charge in [-0.05, 0) is 42.8 Å². The maximum absolute atomic E-state index is 11.7. The van der Waals surface area contributed by atoms with E-state index in [0.717, 1.165) is 39.5 Å². The second kappa shape index (κ2) is 6.85. The molecule has 3 atom stereocenters. The number of fused-ring (bicyclic) bond motifs is 5. The van der Waals surface area contributed by atoms with Gasteiger partial charge in [-0.25, -0.2) is 9.97 Å². The number of hydrogen-bond donors (Lipinski definition) is 2. The number of nitrogens with zero attached hydrogens (tertiary/aromatic N) is 2. The van der Waals surface area contributed by atoms with E-state index < -0.39 is 0 Å². The normalized spacial score (nSPS) is 22.2. The Kier molecular flexibility index (Phi) is 3.99. The molecule has 0 spiro atoms. The summed E-state index contributed by atoms with van der Waals surface area (Å²) in [6, 6.07) is 11.3. The third-order valence-corrected chi connectivity index (χ3v) is 7.24. The van der Waals surface area contributed by atoms with Crippen LogP contribution in [0.4, 0.5) is 5.82 Å². The predicted octanol–water partition coefficient (Wildman–Crippen LogP) is 5.58. The maximum atomic E-state index is 11.7. The summed E-state index contributed by atoms with van der Waals surface area (Å²) < 4.78 is 12.4. The standard InChI is InChI=1S/C24H16Cl2N4O3/c25-13-8-15-16(9-14(13)26)29-24(28-15)21-20-12-7-10(1-3-17(12)33-22(20)21)32-18-5-6-27-23-11(18)2-4-19(31)30-23/h1,3,5-9,20-22H,2,4H2,(H,28,29)(H,27,30,31)/t20-,21-,22-/m1/s1. The van der Waals surface area contributed by atoms with E-state index in [4.69, 9.17) is 37.7 Å². The van der Waals surface area contributed by atoms with Crippen molar-refractivity contribution in [3.63, 3.8) is 0 Å². The van der Waals surface area contributed by atoms with E-state index in [2.05, 4.69) is 15.3 Å². The molecule has 7 rings (SSSR count). The molecular formula is C24H16Cl2N4O3. The Labute approximate surface area is 198 Å². The molecule has 0 bridgehead atoms. The molecule has 0 radical (unpaired) electrons. The first-order chi connectivity index (χ1) is 16.0. The van der Waals surface area contributed by atoms with Crippen molar-refractivity contribution >= 4 is 46.0 Å². The third-order valence-electron chi connectivity index (χ3n) is 6.52. The average molecular weight is 479 g/mol. The molecule has 33 heavy (non-hydrogen) atoms. The van der Waals surface area contributed by atoms with Crippen molar-refractivity contribution in [2.24, 2.45) is 0 Å². The summed E-state index contributed by atoms with van der Waals surface area (Å²) in [5.74, 6) is 4.06. The van der Waals surface area contributed by atoms with Crippen LogP contribution in [0, 0.1) is 0 Å². The van der Waals surface area contributed by atoms with Gasteiger partial charge in [0.05, 0.1) is 27.0 Å². The van der Waals surface area contributed by atoms with Gasteiger partial charge in [0.15, 0.2) is 0 Å². The molecule has 2 aliphatic heterocycles. The zero-order valence-corrected chi connectivity index (χ0v) is 18.6. The second-order valence-electron chi connectivity index (χ2n) is 8.53. The van der Waals surface area contributed by atoms with E-state index in [9.17, 15) is 4.79 Å². The van der Waals surface area contributed by atoms with Crippen molar-refractivity contribution in [2.75, 3.05) is 5.32 Å². The van der Waals surface area contributed by atoms with Crippen LogP contribution in [0.1, 0.15) is 35.2 Å². The Hall–Kier alpha value is -3.29. The van der Waals surface area contributed by atoms with Crippen LogP contribution in [0.25, 0.3) is 11.0 Å². The highest BCUT2D eigenvalue weighted by Crippen LogP contribution is 2.63. The van der Waals surface area contributed by atoms with Crippen molar-refractivity contribution in [1.29, 1.82) is 0 Å². The lowest BCUT2D eigenvalue weighted by Crippen LogP contribution is -2.20. The van der Waals surface area contributed by atoms with Crippen LogP contribution in [-0.4, -0.2) is 27.0 Å². The van der Waals surface area contributed by atoms with Crippen LogP contribution in [-0.2, 0) is 11.2 Å². The fourth-order valence-corrected chi connectivity index (χ4v) is 5.21. The third kappa shape index (κ3) is 2.99. The van der Waals surface area contributed by atoms with E-state index in [1.54, 1.807) is 18.3 Å². The number of H-pyrrole nitrogens is 1. The Balaban J connectivity index is 1.18. The number of aromatic amines is 1. The van der Waals surface area contributed by atoms with Gasteiger partial charge in [-0.15, -0.1) is 0 Å². The Morgan fingerprint density at radius 2 is 1.94 bits per heavy atom. The minimum Gasteiger partial charge on any atom is -0.489 e. The van der Waals surface area contributed by atoms with E-state index in [1.165, 1.54) is 0 Å². The number of ether oxygens (including phenoxy) is 2. The first-order valence-corrected chi connectivity index (χ1v) is 11.4. The van der Waals surface area contributed by atoms with Crippen molar-refractivity contribution < 1.29 is 14.3 Å². The number of benzene rings is 2. The van der Waals surface area contributed by atoms with Gasteiger partial charge in [0.2, 0.25) is 5.91 Å². The number of hydrogen-bond acceptors (Lipinski definition) is 5. The molecule has 4 heterocycles. The first kappa shape index (κ1) is 19.2. The molecule has 164 valence electrons. The fourth-order valence-electron chi connectivity index (χ4n) is 4.89. The number of anilines is 1. The summed E-state index contributed by atoms with van der Waals surface area (Å²) in [7, 11) is 0. The zero-order chi connectivity index (χ0) is 22.3. The quantitative estimate of drug-likeness (QED) is 0.400. The number of nitrogens with one attached hydrogen (secondary N) is 2. The van der Waals surface area contributed by atoms with Gasteiger partial charge in [0.1, 0.15) is 35.0 Å². The molecule has 1 amide bonds. The highest BCUT2D eigenvalue weighted by molar-refractivity contribution is 6.42. The van der Waals surface area contributed by atoms with Crippen molar-refractivity contribution in [1.82, 2.24) is 15.0 Å². The molecule has 0 unspecified atom stereocenters. The number of pyridine rings is 1. The molecule has 1 fully saturated rings. The average Bonchev–Trinajstić information content (AvgIpc) is 3.15. The van der Waals surface area contributed by atoms with Crippen LogP contribution in [0.3, 0.4) is 0 Å². The van der Waals surface area contributed by atoms with Gasteiger partial charge in [-0.2, -0.15) is 0 Å². The number of halogens is 2. The van der Waals surface area contributed by atoms with Gasteiger partial charge in [0.25, 0.3) is 0 Å². The lowest BCUT2D eigenvalue weighted by atomic mass is 10.1. The summed E-state index contributed by atoms with van der Waals surface area (Å²) in [5, 5.41) is 3.79. The molecular weight excluding hydrogens is 463 g/mol. The molecule has 9 heteroatoms. The minimum absolute atomic E-state index is 0.0252. The second-order valence-corrected chi connectivity index (χ2v) is 9.34. The summed E-state index contributed by atoms with van der Waals surface area (Å²) in [5.41, 5.74) is 3.67. The van der Waals surface area contributed by atoms with E-state index in [0.29, 0.717) is 34.5 Å². The van der Waals surface area contributed by atoms with Gasteiger partial charge in [-0.1, -0.05) is 23.2 Å². The maximum Gasteiger partial charge on any atom is 0.225 e. The van der Waals surface area contributed by atoms with Gasteiger partial charge < -0.3 is 19.8 Å². The molecule has 1 saturated carbocycles. The lowest BCUT2D eigenvalue weighted by Gasteiger charge is -2.19. The number of rotatable bonds is 3. The summed E-state index contributed by atoms with van der Waals surface area (Å²) in [6.45, 7) is 0. The number of amides is 1. The SMILES string of the molecule is O=C1CCc2c(Oc3ccc4c(c3)[C@H]3[C@@H](O4)[C@@H]3c3nc4cc(Cl)c(Cl)cc4[nH]3)ccnc2N1. The molecule has 2 aromatic carbocycles. The van der Waals surface area contributed by atoms with Gasteiger partial charge >= 0.3 is 0 Å². The van der Waals surface area contributed by atoms with Crippen molar-refractivity contribution in [3.8, 4) is 17.2 Å². The number of carbonyl (C=O) groups excluding carboxylic acids is 1. The molecule has 1 aliphatic carbocycles. The summed E-state index contributed by atoms with van der Waals surface area (Å²) >= 11 is 12.3. The smallest absolute Gasteiger partial charge is 0.225 e. The van der Waals surface area contributed by atoms with Gasteiger partial charge in [-0.3, -0.25) is 4.79 Å². The van der Waals surface area contributed by atoms with Crippen LogP contribution in [0.15, 0.2) is 42.6 Å². The van der Waals surface area contributed by atoms with Crippen molar-refractivity contribution in [2.45, 2.75) is 30.8 Å². The fraction of sp³-hybridized carbons (Fsp3) is 0.208.